The van der Waals surface area contributed by atoms with Crippen molar-refractivity contribution in [1.29, 1.82) is 0 Å². The van der Waals surface area contributed by atoms with Gasteiger partial charge in [-0.15, -0.1) is 0 Å². The van der Waals surface area contributed by atoms with Crippen molar-refractivity contribution in [3.05, 3.63) is 33.8 Å². The van der Waals surface area contributed by atoms with Crippen LogP contribution in [0.4, 0.5) is 8.78 Å². The second-order valence-corrected chi connectivity index (χ2v) is 5.59. The monoisotopic (exact) mass is 321 g/mol. The van der Waals surface area contributed by atoms with Crippen LogP contribution < -0.4 is 5.32 Å². The zero-order valence-corrected chi connectivity index (χ0v) is 12.1. The smallest absolute Gasteiger partial charge is 0.144 e. The van der Waals surface area contributed by atoms with Crippen LogP contribution in [-0.2, 0) is 6.54 Å². The lowest BCUT2D eigenvalue weighted by atomic mass is 10.1. The predicted octanol–water partition coefficient (Wildman–Crippen LogP) is 3.22. The molecule has 1 atom stereocenters. The normalized spacial score (nSPS) is 13.1. The van der Waals surface area contributed by atoms with E-state index in [4.69, 9.17) is 0 Å². The largest absolute Gasteiger partial charge is 0.392 e. The number of hydrogen-bond donors (Lipinski definition) is 2. The van der Waals surface area contributed by atoms with Crippen LogP contribution >= 0.6 is 15.9 Å². The molecule has 1 aromatic carbocycles. The summed E-state index contributed by atoms with van der Waals surface area (Å²) in [5.41, 5.74) is -0.0129. The van der Waals surface area contributed by atoms with E-state index < -0.39 is 17.7 Å². The minimum absolute atomic E-state index is 0.0129. The minimum Gasteiger partial charge on any atom is -0.392 e. The maximum Gasteiger partial charge on any atom is 0.144 e. The van der Waals surface area contributed by atoms with Gasteiger partial charge in [0.25, 0.3) is 0 Å². The van der Waals surface area contributed by atoms with Crippen LogP contribution in [0.5, 0.6) is 0 Å². The molecule has 0 amide bonds. The molecule has 2 nitrogen and oxygen atoms in total. The summed E-state index contributed by atoms with van der Waals surface area (Å²) in [7, 11) is 0. The van der Waals surface area contributed by atoms with Gasteiger partial charge in [0.2, 0.25) is 0 Å². The lowest BCUT2D eigenvalue weighted by Gasteiger charge is -2.14. The van der Waals surface area contributed by atoms with Gasteiger partial charge in [-0.1, -0.05) is 13.8 Å². The van der Waals surface area contributed by atoms with Gasteiger partial charge in [0.05, 0.1) is 10.6 Å². The van der Waals surface area contributed by atoms with E-state index in [1.807, 2.05) is 13.8 Å². The highest BCUT2D eigenvalue weighted by Crippen LogP contribution is 2.21. The molecule has 0 radical (unpaired) electrons. The van der Waals surface area contributed by atoms with E-state index >= 15 is 0 Å². The standard InChI is InChI=1S/C13H18BrF2NO/c1-8(2)5-9(18)6-17-7-10-12(15)4-3-11(14)13(10)16/h3-4,8-9,17-18H,5-7H2,1-2H3. The fourth-order valence-corrected chi connectivity index (χ4v) is 2.09. The molecule has 0 saturated carbocycles. The van der Waals surface area contributed by atoms with E-state index in [-0.39, 0.29) is 16.6 Å². The Balaban J connectivity index is 2.51. The maximum absolute atomic E-state index is 13.6. The Labute approximate surface area is 115 Å². The van der Waals surface area contributed by atoms with Crippen molar-refractivity contribution in [3.8, 4) is 0 Å². The fraction of sp³-hybridized carbons (Fsp3) is 0.538. The first-order valence-corrected chi connectivity index (χ1v) is 6.72. The molecule has 5 heteroatoms. The Morgan fingerprint density at radius 3 is 2.61 bits per heavy atom. The van der Waals surface area contributed by atoms with Crippen LogP contribution in [0.3, 0.4) is 0 Å². The molecule has 0 bridgehead atoms. The van der Waals surface area contributed by atoms with E-state index in [1.54, 1.807) is 0 Å². The highest BCUT2D eigenvalue weighted by atomic mass is 79.9. The van der Waals surface area contributed by atoms with Gasteiger partial charge >= 0.3 is 0 Å². The van der Waals surface area contributed by atoms with Crippen molar-refractivity contribution in [2.24, 2.45) is 5.92 Å². The van der Waals surface area contributed by atoms with Crippen LogP contribution in [-0.4, -0.2) is 17.8 Å². The van der Waals surface area contributed by atoms with E-state index in [1.165, 1.54) is 12.1 Å². The molecule has 18 heavy (non-hydrogen) atoms. The Bertz CT molecular complexity index is 399. The van der Waals surface area contributed by atoms with E-state index in [9.17, 15) is 13.9 Å². The minimum atomic E-state index is -0.596. The molecular weight excluding hydrogens is 304 g/mol. The van der Waals surface area contributed by atoms with E-state index in [0.717, 1.165) is 0 Å². The van der Waals surface area contributed by atoms with Gasteiger partial charge in [-0.2, -0.15) is 0 Å². The SMILES string of the molecule is CC(C)CC(O)CNCc1c(F)ccc(Br)c1F. The van der Waals surface area contributed by atoms with Crippen molar-refractivity contribution in [1.82, 2.24) is 5.32 Å². The zero-order valence-electron chi connectivity index (χ0n) is 10.5. The first-order chi connectivity index (χ1) is 8.41. The van der Waals surface area contributed by atoms with Gasteiger partial charge in [-0.25, -0.2) is 8.78 Å². The number of aliphatic hydroxyl groups excluding tert-OH is 1. The summed E-state index contributed by atoms with van der Waals surface area (Å²) in [5, 5.41) is 12.5. The third-order valence-electron chi connectivity index (χ3n) is 2.56. The van der Waals surface area contributed by atoms with Gasteiger partial charge in [0.1, 0.15) is 11.6 Å². The second-order valence-electron chi connectivity index (χ2n) is 4.74. The topological polar surface area (TPSA) is 32.3 Å². The van der Waals surface area contributed by atoms with Gasteiger partial charge in [-0.05, 0) is 40.4 Å². The van der Waals surface area contributed by atoms with Crippen molar-refractivity contribution in [3.63, 3.8) is 0 Å². The molecule has 0 aliphatic carbocycles. The Hall–Kier alpha value is -0.520. The summed E-state index contributed by atoms with van der Waals surface area (Å²) in [6.07, 6.45) is 0.166. The number of nitrogens with one attached hydrogen (secondary N) is 1. The average molecular weight is 322 g/mol. The molecule has 1 aromatic rings. The van der Waals surface area contributed by atoms with Crippen LogP contribution in [0, 0.1) is 17.6 Å². The van der Waals surface area contributed by atoms with Crippen LogP contribution in [0.15, 0.2) is 16.6 Å². The molecule has 2 N–H and O–H groups in total. The molecule has 102 valence electrons. The highest BCUT2D eigenvalue weighted by molar-refractivity contribution is 9.10. The lowest BCUT2D eigenvalue weighted by molar-refractivity contribution is 0.146. The molecule has 0 aromatic heterocycles. The van der Waals surface area contributed by atoms with Crippen molar-refractivity contribution in [2.75, 3.05) is 6.54 Å². The Morgan fingerprint density at radius 1 is 1.33 bits per heavy atom. The van der Waals surface area contributed by atoms with Crippen LogP contribution in [0.2, 0.25) is 0 Å². The predicted molar refractivity (Wildman–Crippen MR) is 71.2 cm³/mol. The van der Waals surface area contributed by atoms with Crippen LogP contribution in [0.1, 0.15) is 25.8 Å². The zero-order chi connectivity index (χ0) is 13.7. The number of hydrogen-bond acceptors (Lipinski definition) is 2. The molecule has 1 rings (SSSR count). The molecule has 0 spiro atoms. The first kappa shape index (κ1) is 15.5. The molecule has 1 unspecified atom stereocenters. The molecular formula is C13H18BrF2NO. The summed E-state index contributed by atoms with van der Waals surface area (Å²) in [6.45, 7) is 4.41. The summed E-state index contributed by atoms with van der Waals surface area (Å²) in [6, 6.07) is 2.55. The Kier molecular flexibility index (Phi) is 6.18. The fourth-order valence-electron chi connectivity index (χ4n) is 1.72. The molecule has 0 aliphatic rings. The highest BCUT2D eigenvalue weighted by Gasteiger charge is 2.13. The molecule has 0 fully saturated rings. The molecule has 0 heterocycles. The third-order valence-corrected chi connectivity index (χ3v) is 3.18. The average Bonchev–Trinajstić information content (AvgIpc) is 2.27. The lowest BCUT2D eigenvalue weighted by Crippen LogP contribution is -2.28. The summed E-state index contributed by atoms with van der Waals surface area (Å²) >= 11 is 3.01. The third kappa shape index (κ3) is 4.63. The summed E-state index contributed by atoms with van der Waals surface area (Å²) < 4.78 is 27.2. The van der Waals surface area contributed by atoms with Gasteiger partial charge in [-0.3, -0.25) is 0 Å². The number of halogens is 3. The Morgan fingerprint density at radius 2 is 2.00 bits per heavy atom. The van der Waals surface area contributed by atoms with Crippen molar-refractivity contribution in [2.45, 2.75) is 32.9 Å². The molecule has 0 aliphatic heterocycles. The second kappa shape index (κ2) is 7.16. The van der Waals surface area contributed by atoms with E-state index in [2.05, 4.69) is 21.2 Å². The first-order valence-electron chi connectivity index (χ1n) is 5.93. The van der Waals surface area contributed by atoms with Crippen molar-refractivity contribution < 1.29 is 13.9 Å². The van der Waals surface area contributed by atoms with Gasteiger partial charge in [0.15, 0.2) is 0 Å². The van der Waals surface area contributed by atoms with E-state index in [0.29, 0.717) is 18.9 Å². The maximum atomic E-state index is 13.6. The van der Waals surface area contributed by atoms with Crippen LogP contribution in [0.25, 0.3) is 0 Å². The van der Waals surface area contributed by atoms with Gasteiger partial charge in [0, 0.05) is 18.7 Å². The number of rotatable bonds is 6. The molecule has 0 saturated heterocycles. The van der Waals surface area contributed by atoms with Gasteiger partial charge < -0.3 is 10.4 Å². The summed E-state index contributed by atoms with van der Waals surface area (Å²) in [5.74, 6) is -0.788. The number of aliphatic hydroxyl groups is 1. The quantitative estimate of drug-likeness (QED) is 0.788. The van der Waals surface area contributed by atoms with Crippen molar-refractivity contribution >= 4 is 15.9 Å². The number of benzene rings is 1. The summed E-state index contributed by atoms with van der Waals surface area (Å²) in [4.78, 5) is 0.